The Balaban J connectivity index is 1.51. The van der Waals surface area contributed by atoms with Crippen LogP contribution in [0.5, 0.6) is 0 Å². The largest absolute Gasteiger partial charge is 0.381 e. The molecule has 180 valence electrons. The number of fused-ring (bicyclic) bond motifs is 1. The number of anilines is 3. The maximum Gasteiger partial charge on any atom is 0.224 e. The molecule has 0 atom stereocenters. The number of rotatable bonds is 6. The molecule has 2 fully saturated rings. The van der Waals surface area contributed by atoms with E-state index in [1.807, 2.05) is 6.07 Å². The third-order valence-corrected chi connectivity index (χ3v) is 6.97. The van der Waals surface area contributed by atoms with Crippen LogP contribution < -0.4 is 16.4 Å². The number of amides is 1. The van der Waals surface area contributed by atoms with Gasteiger partial charge in [-0.3, -0.25) is 9.36 Å². The molecule has 0 bridgehead atoms. The lowest BCUT2D eigenvalue weighted by atomic mass is 9.85. The Morgan fingerprint density at radius 2 is 1.91 bits per heavy atom. The van der Waals surface area contributed by atoms with E-state index in [-0.39, 0.29) is 29.7 Å². The second-order valence-electron chi connectivity index (χ2n) is 9.18. The number of imidazole rings is 1. The van der Waals surface area contributed by atoms with Crippen LogP contribution in [0.25, 0.3) is 11.2 Å². The molecule has 4 N–H and O–H groups in total. The number of nitrogens with one attached hydrogen (secondary N) is 2. The molecule has 1 aromatic carbocycles. The second kappa shape index (κ2) is 9.54. The number of hydrogen-bond acceptors (Lipinski definition) is 7. The van der Waals surface area contributed by atoms with E-state index in [4.69, 9.17) is 20.4 Å². The van der Waals surface area contributed by atoms with Crippen molar-refractivity contribution in [1.82, 2.24) is 19.5 Å². The predicted molar refractivity (Wildman–Crippen MR) is 127 cm³/mol. The summed E-state index contributed by atoms with van der Waals surface area (Å²) in [5.74, 6) is 0.516. The maximum atomic E-state index is 14.2. The molecular formula is C24H30FN7O2. The van der Waals surface area contributed by atoms with E-state index < -0.39 is 0 Å². The van der Waals surface area contributed by atoms with Crippen LogP contribution in [0.3, 0.4) is 0 Å². The minimum atomic E-state index is -0.280. The van der Waals surface area contributed by atoms with Gasteiger partial charge in [-0.2, -0.15) is 4.98 Å². The molecule has 5 rings (SSSR count). The van der Waals surface area contributed by atoms with E-state index >= 15 is 0 Å². The predicted octanol–water partition coefficient (Wildman–Crippen LogP) is 3.82. The molecule has 1 aliphatic carbocycles. The first kappa shape index (κ1) is 22.5. The lowest BCUT2D eigenvalue weighted by Crippen LogP contribution is -2.29. The number of carbonyl (C=O) groups is 1. The highest BCUT2D eigenvalue weighted by Gasteiger charge is 2.29. The van der Waals surface area contributed by atoms with Crippen LogP contribution in [0.4, 0.5) is 22.0 Å². The monoisotopic (exact) mass is 467 g/mol. The fourth-order valence-corrected chi connectivity index (χ4v) is 4.90. The molecule has 10 heteroatoms. The average Bonchev–Trinajstić information content (AvgIpc) is 3.20. The minimum Gasteiger partial charge on any atom is -0.381 e. The van der Waals surface area contributed by atoms with E-state index in [0.29, 0.717) is 34.3 Å². The molecule has 1 saturated heterocycles. The number of primary amides is 1. The lowest BCUT2D eigenvalue weighted by Gasteiger charge is -2.29. The van der Waals surface area contributed by atoms with E-state index in [0.717, 1.165) is 51.7 Å². The van der Waals surface area contributed by atoms with Crippen LogP contribution in [0.2, 0.25) is 0 Å². The summed E-state index contributed by atoms with van der Waals surface area (Å²) >= 11 is 0. The highest BCUT2D eigenvalue weighted by molar-refractivity contribution is 5.78. The third-order valence-electron chi connectivity index (χ3n) is 6.97. The zero-order valence-electron chi connectivity index (χ0n) is 19.3. The van der Waals surface area contributed by atoms with Gasteiger partial charge in [-0.15, -0.1) is 0 Å². The van der Waals surface area contributed by atoms with Gasteiger partial charge in [0.25, 0.3) is 0 Å². The summed E-state index contributed by atoms with van der Waals surface area (Å²) in [7, 11) is 0. The molecule has 1 aliphatic heterocycles. The molecule has 3 heterocycles. The van der Waals surface area contributed by atoms with E-state index in [1.165, 1.54) is 6.07 Å². The molecule has 1 amide bonds. The van der Waals surface area contributed by atoms with E-state index in [1.54, 1.807) is 19.2 Å². The van der Waals surface area contributed by atoms with Crippen molar-refractivity contribution in [3.8, 4) is 0 Å². The van der Waals surface area contributed by atoms with Gasteiger partial charge in [0.1, 0.15) is 11.3 Å². The van der Waals surface area contributed by atoms with Crippen LogP contribution in [0.1, 0.15) is 50.1 Å². The number of ether oxygens (including phenoxy) is 1. The number of nitrogens with zero attached hydrogens (tertiary/aromatic N) is 4. The molecule has 2 aromatic heterocycles. The molecule has 9 nitrogen and oxygen atoms in total. The molecule has 0 spiro atoms. The van der Waals surface area contributed by atoms with Gasteiger partial charge in [0.2, 0.25) is 17.8 Å². The smallest absolute Gasteiger partial charge is 0.224 e. The Bertz CT molecular complexity index is 1180. The first-order valence-electron chi connectivity index (χ1n) is 11.9. The van der Waals surface area contributed by atoms with Crippen molar-refractivity contribution >= 4 is 34.7 Å². The van der Waals surface area contributed by atoms with Gasteiger partial charge in [0.05, 0.1) is 6.20 Å². The van der Waals surface area contributed by atoms with Gasteiger partial charge < -0.3 is 21.1 Å². The van der Waals surface area contributed by atoms with Crippen molar-refractivity contribution in [2.75, 3.05) is 23.8 Å². The van der Waals surface area contributed by atoms with Crippen LogP contribution in [-0.4, -0.2) is 44.7 Å². The van der Waals surface area contributed by atoms with Gasteiger partial charge in [-0.25, -0.2) is 14.4 Å². The van der Waals surface area contributed by atoms with Crippen LogP contribution >= 0.6 is 0 Å². The summed E-state index contributed by atoms with van der Waals surface area (Å²) in [6.45, 7) is 3.18. The summed E-state index contributed by atoms with van der Waals surface area (Å²) < 4.78 is 21.7. The second-order valence-corrected chi connectivity index (χ2v) is 9.18. The number of nitrogens with two attached hydrogens (primary N) is 1. The van der Waals surface area contributed by atoms with Gasteiger partial charge in [0, 0.05) is 42.5 Å². The van der Waals surface area contributed by atoms with Crippen molar-refractivity contribution in [2.24, 2.45) is 11.7 Å². The Morgan fingerprint density at radius 3 is 2.65 bits per heavy atom. The fraction of sp³-hybridized carbons (Fsp3) is 0.500. The lowest BCUT2D eigenvalue weighted by molar-refractivity contribution is -0.122. The number of hydrogen-bond donors (Lipinski definition) is 3. The number of halogens is 1. The van der Waals surface area contributed by atoms with Gasteiger partial charge >= 0.3 is 0 Å². The summed E-state index contributed by atoms with van der Waals surface area (Å²) in [4.78, 5) is 25.8. The standard InChI is InChI=1S/C24H30FN7O2/c1-14-18(25)3-2-4-19(14)29-24-30-20-13-27-23(28-16-9-11-34-12-10-16)31-22(20)32(24)17-7-5-15(6-8-17)21(26)33/h2-4,13,15-17H,5-12H2,1H3,(H2,26,33)(H,29,30)(H,27,28,31). The van der Waals surface area contributed by atoms with Crippen molar-refractivity contribution in [2.45, 2.75) is 57.5 Å². The average molecular weight is 468 g/mol. The Morgan fingerprint density at radius 1 is 1.15 bits per heavy atom. The fourth-order valence-electron chi connectivity index (χ4n) is 4.90. The number of benzene rings is 1. The first-order valence-corrected chi connectivity index (χ1v) is 11.9. The molecule has 3 aromatic rings. The van der Waals surface area contributed by atoms with Crippen molar-refractivity contribution in [1.29, 1.82) is 0 Å². The SMILES string of the molecule is Cc1c(F)cccc1Nc1nc2cnc(NC3CCOCC3)nc2n1C1CCC(C(N)=O)CC1. The minimum absolute atomic E-state index is 0.0859. The van der Waals surface area contributed by atoms with Gasteiger partial charge in [-0.05, 0) is 57.6 Å². The van der Waals surface area contributed by atoms with Crippen LogP contribution in [0.15, 0.2) is 24.4 Å². The van der Waals surface area contributed by atoms with Crippen molar-refractivity contribution in [3.05, 3.63) is 35.8 Å². The highest BCUT2D eigenvalue weighted by Crippen LogP contribution is 2.37. The third kappa shape index (κ3) is 4.54. The summed E-state index contributed by atoms with van der Waals surface area (Å²) in [5.41, 5.74) is 8.09. The molecule has 34 heavy (non-hydrogen) atoms. The summed E-state index contributed by atoms with van der Waals surface area (Å²) in [6, 6.07) is 5.29. The number of carbonyl (C=O) groups excluding carboxylic acids is 1. The molecule has 2 aliphatic rings. The van der Waals surface area contributed by atoms with Gasteiger partial charge in [-0.1, -0.05) is 6.07 Å². The Kier molecular flexibility index (Phi) is 6.32. The van der Waals surface area contributed by atoms with Crippen LogP contribution in [-0.2, 0) is 9.53 Å². The van der Waals surface area contributed by atoms with Crippen molar-refractivity contribution < 1.29 is 13.9 Å². The Labute approximate surface area is 197 Å². The zero-order valence-corrected chi connectivity index (χ0v) is 19.3. The summed E-state index contributed by atoms with van der Waals surface area (Å²) in [5, 5.41) is 6.74. The highest BCUT2D eigenvalue weighted by atomic mass is 19.1. The van der Waals surface area contributed by atoms with Gasteiger partial charge in [0.15, 0.2) is 5.65 Å². The molecule has 0 unspecified atom stereocenters. The van der Waals surface area contributed by atoms with E-state index in [2.05, 4.69) is 20.2 Å². The maximum absolute atomic E-state index is 14.2. The van der Waals surface area contributed by atoms with Crippen LogP contribution in [0, 0.1) is 18.7 Å². The number of aromatic nitrogens is 4. The Hall–Kier alpha value is -3.27. The molecule has 1 saturated carbocycles. The van der Waals surface area contributed by atoms with Crippen molar-refractivity contribution in [3.63, 3.8) is 0 Å². The molecule has 0 radical (unpaired) electrons. The first-order chi connectivity index (χ1) is 16.5. The zero-order chi connectivity index (χ0) is 23.7. The summed E-state index contributed by atoms with van der Waals surface area (Å²) in [6.07, 6.45) is 6.53. The topological polar surface area (TPSA) is 120 Å². The molecular weight excluding hydrogens is 437 g/mol. The van der Waals surface area contributed by atoms with E-state index in [9.17, 15) is 9.18 Å². The quantitative estimate of drug-likeness (QED) is 0.504. The normalized spacial score (nSPS) is 21.5.